The average Bonchev–Trinajstić information content (AvgIpc) is 2.73. The summed E-state index contributed by atoms with van der Waals surface area (Å²) in [5, 5.41) is 9.66. The van der Waals surface area contributed by atoms with Gasteiger partial charge in [0.05, 0.1) is 19.8 Å². The van der Waals surface area contributed by atoms with E-state index in [2.05, 4.69) is 9.97 Å². The maximum atomic E-state index is 11.4. The molecule has 2 aromatic rings. The van der Waals surface area contributed by atoms with Gasteiger partial charge in [-0.15, -0.1) is 0 Å². The van der Waals surface area contributed by atoms with Gasteiger partial charge in [0.15, 0.2) is 5.69 Å². The summed E-state index contributed by atoms with van der Waals surface area (Å²) in [7, 11) is 1.42. The fourth-order valence-corrected chi connectivity index (χ4v) is 1.34. The number of carbonyl (C=O) groups excluding carboxylic acids is 1. The SMILES string of the molecule is CCOC(=O)c1cn2c(O)cc(OC)nc2n1. The van der Waals surface area contributed by atoms with Crippen molar-refractivity contribution in [1.29, 1.82) is 0 Å². The first-order valence-corrected chi connectivity index (χ1v) is 4.96. The molecular weight excluding hydrogens is 226 g/mol. The van der Waals surface area contributed by atoms with Crippen LogP contribution in [0.4, 0.5) is 0 Å². The van der Waals surface area contributed by atoms with E-state index in [0.717, 1.165) is 0 Å². The fraction of sp³-hybridized carbons (Fsp3) is 0.300. The summed E-state index contributed by atoms with van der Waals surface area (Å²) in [6.45, 7) is 1.96. The van der Waals surface area contributed by atoms with Crippen LogP contribution < -0.4 is 4.74 Å². The Labute approximate surface area is 96.6 Å². The Hall–Kier alpha value is -2.31. The maximum absolute atomic E-state index is 11.4. The fourth-order valence-electron chi connectivity index (χ4n) is 1.34. The van der Waals surface area contributed by atoms with Crippen molar-refractivity contribution in [1.82, 2.24) is 14.4 Å². The first-order valence-electron chi connectivity index (χ1n) is 4.96. The van der Waals surface area contributed by atoms with Gasteiger partial charge < -0.3 is 14.6 Å². The van der Waals surface area contributed by atoms with Gasteiger partial charge in [0, 0.05) is 6.20 Å². The number of methoxy groups -OCH3 is 1. The lowest BCUT2D eigenvalue weighted by molar-refractivity contribution is 0.0520. The summed E-state index contributed by atoms with van der Waals surface area (Å²) in [5.41, 5.74) is 0.0860. The molecule has 2 aromatic heterocycles. The summed E-state index contributed by atoms with van der Waals surface area (Å²) in [6.07, 6.45) is 1.36. The molecule has 0 aromatic carbocycles. The standard InChI is InChI=1S/C10H11N3O4/c1-3-17-9(15)6-5-13-8(14)4-7(16-2)12-10(13)11-6/h4-5,14H,3H2,1-2H3. The Bertz CT molecular complexity index is 564. The topological polar surface area (TPSA) is 86.0 Å². The minimum absolute atomic E-state index is 0.0860. The Morgan fingerprint density at radius 1 is 1.53 bits per heavy atom. The van der Waals surface area contributed by atoms with Gasteiger partial charge in [-0.1, -0.05) is 0 Å². The van der Waals surface area contributed by atoms with Crippen molar-refractivity contribution in [3.8, 4) is 11.8 Å². The normalized spacial score (nSPS) is 10.5. The molecule has 0 aliphatic carbocycles. The van der Waals surface area contributed by atoms with Crippen molar-refractivity contribution in [2.75, 3.05) is 13.7 Å². The van der Waals surface area contributed by atoms with Gasteiger partial charge in [0.2, 0.25) is 17.5 Å². The predicted octanol–water partition coefficient (Wildman–Crippen LogP) is 0.620. The number of hydrogen-bond acceptors (Lipinski definition) is 6. The quantitative estimate of drug-likeness (QED) is 0.787. The number of carbonyl (C=O) groups is 1. The van der Waals surface area contributed by atoms with E-state index in [0.29, 0.717) is 0 Å². The molecule has 0 aliphatic rings. The van der Waals surface area contributed by atoms with Crippen molar-refractivity contribution in [2.45, 2.75) is 6.92 Å². The van der Waals surface area contributed by atoms with Crippen LogP contribution in [0.15, 0.2) is 12.3 Å². The Kier molecular flexibility index (Phi) is 2.82. The molecule has 0 unspecified atom stereocenters. The maximum Gasteiger partial charge on any atom is 0.358 e. The first-order chi connectivity index (χ1) is 8.15. The molecule has 2 heterocycles. The van der Waals surface area contributed by atoms with Gasteiger partial charge in [-0.3, -0.25) is 4.40 Å². The lowest BCUT2D eigenvalue weighted by Gasteiger charge is -2.00. The zero-order valence-corrected chi connectivity index (χ0v) is 9.38. The molecule has 0 radical (unpaired) electrons. The number of imidazole rings is 1. The number of ether oxygens (including phenoxy) is 2. The van der Waals surface area contributed by atoms with Crippen molar-refractivity contribution >= 4 is 11.7 Å². The van der Waals surface area contributed by atoms with Gasteiger partial charge >= 0.3 is 5.97 Å². The van der Waals surface area contributed by atoms with Crippen LogP contribution in [0.2, 0.25) is 0 Å². The van der Waals surface area contributed by atoms with E-state index in [1.165, 1.54) is 23.8 Å². The van der Waals surface area contributed by atoms with Crippen LogP contribution >= 0.6 is 0 Å². The highest BCUT2D eigenvalue weighted by Crippen LogP contribution is 2.19. The van der Waals surface area contributed by atoms with Crippen LogP contribution in [0.25, 0.3) is 5.78 Å². The Balaban J connectivity index is 2.49. The second-order valence-electron chi connectivity index (χ2n) is 3.17. The highest BCUT2D eigenvalue weighted by molar-refractivity contribution is 5.87. The van der Waals surface area contributed by atoms with Crippen molar-refractivity contribution in [2.24, 2.45) is 0 Å². The van der Waals surface area contributed by atoms with E-state index in [1.54, 1.807) is 6.92 Å². The van der Waals surface area contributed by atoms with E-state index in [1.807, 2.05) is 0 Å². The minimum Gasteiger partial charge on any atom is -0.494 e. The van der Waals surface area contributed by atoms with Crippen LogP contribution in [0, 0.1) is 0 Å². The van der Waals surface area contributed by atoms with Crippen LogP contribution in [0.5, 0.6) is 11.8 Å². The molecule has 0 fully saturated rings. The monoisotopic (exact) mass is 237 g/mol. The molecule has 17 heavy (non-hydrogen) atoms. The number of rotatable bonds is 3. The lowest BCUT2D eigenvalue weighted by Crippen LogP contribution is -2.04. The molecule has 0 bridgehead atoms. The number of fused-ring (bicyclic) bond motifs is 1. The van der Waals surface area contributed by atoms with E-state index in [-0.39, 0.29) is 29.8 Å². The summed E-state index contributed by atoms with van der Waals surface area (Å²) in [4.78, 5) is 19.4. The van der Waals surface area contributed by atoms with E-state index in [9.17, 15) is 9.90 Å². The highest BCUT2D eigenvalue weighted by Gasteiger charge is 2.15. The number of aromatic hydroxyl groups is 1. The minimum atomic E-state index is -0.559. The van der Waals surface area contributed by atoms with Crippen LogP contribution in [0.1, 0.15) is 17.4 Å². The molecule has 0 atom stereocenters. The molecule has 1 N–H and O–H groups in total. The van der Waals surface area contributed by atoms with E-state index >= 15 is 0 Å². The average molecular weight is 237 g/mol. The zero-order chi connectivity index (χ0) is 12.4. The smallest absolute Gasteiger partial charge is 0.358 e. The summed E-state index contributed by atoms with van der Waals surface area (Å²) < 4.78 is 11.0. The number of nitrogens with zero attached hydrogens (tertiary/aromatic N) is 3. The van der Waals surface area contributed by atoms with Crippen LogP contribution in [0.3, 0.4) is 0 Å². The Morgan fingerprint density at radius 2 is 2.29 bits per heavy atom. The molecule has 90 valence electrons. The van der Waals surface area contributed by atoms with Crippen LogP contribution in [-0.2, 0) is 4.74 Å². The molecule has 0 saturated carbocycles. The molecule has 0 saturated heterocycles. The molecule has 7 heteroatoms. The Morgan fingerprint density at radius 3 is 2.94 bits per heavy atom. The predicted molar refractivity (Wildman–Crippen MR) is 57.2 cm³/mol. The number of aromatic nitrogens is 3. The van der Waals surface area contributed by atoms with E-state index in [4.69, 9.17) is 9.47 Å². The molecular formula is C10H11N3O4. The molecule has 7 nitrogen and oxygen atoms in total. The summed E-state index contributed by atoms with van der Waals surface area (Å²) >= 11 is 0. The molecule has 0 spiro atoms. The third-order valence-electron chi connectivity index (χ3n) is 2.09. The number of hydrogen-bond donors (Lipinski definition) is 1. The van der Waals surface area contributed by atoms with Gasteiger partial charge in [0.25, 0.3) is 0 Å². The second kappa shape index (κ2) is 4.28. The highest BCUT2D eigenvalue weighted by atomic mass is 16.5. The van der Waals surface area contributed by atoms with Gasteiger partial charge in [-0.2, -0.15) is 4.98 Å². The lowest BCUT2D eigenvalue weighted by atomic mass is 10.5. The summed E-state index contributed by atoms with van der Waals surface area (Å²) in [5.74, 6) is -0.285. The third-order valence-corrected chi connectivity index (χ3v) is 2.09. The van der Waals surface area contributed by atoms with Gasteiger partial charge in [-0.25, -0.2) is 9.78 Å². The van der Waals surface area contributed by atoms with Gasteiger partial charge in [0.1, 0.15) is 0 Å². The van der Waals surface area contributed by atoms with E-state index < -0.39 is 5.97 Å². The number of esters is 1. The molecule has 0 aliphatic heterocycles. The van der Waals surface area contributed by atoms with Crippen molar-refractivity contribution < 1.29 is 19.4 Å². The van der Waals surface area contributed by atoms with Crippen molar-refractivity contribution in [3.63, 3.8) is 0 Å². The zero-order valence-electron chi connectivity index (χ0n) is 9.38. The van der Waals surface area contributed by atoms with Crippen molar-refractivity contribution in [3.05, 3.63) is 18.0 Å². The second-order valence-corrected chi connectivity index (χ2v) is 3.17. The first kappa shape index (κ1) is 11.2. The largest absolute Gasteiger partial charge is 0.494 e. The third kappa shape index (κ3) is 1.99. The molecule has 2 rings (SSSR count). The van der Waals surface area contributed by atoms with Gasteiger partial charge in [-0.05, 0) is 6.92 Å². The van der Waals surface area contributed by atoms with Crippen LogP contribution in [-0.4, -0.2) is 39.2 Å². The molecule has 0 amide bonds. The summed E-state index contributed by atoms with van der Waals surface area (Å²) in [6, 6.07) is 1.32.